The van der Waals surface area contributed by atoms with Gasteiger partial charge in [0.1, 0.15) is 5.75 Å². The summed E-state index contributed by atoms with van der Waals surface area (Å²) >= 11 is 0. The number of amides is 1. The maximum absolute atomic E-state index is 11.2. The maximum atomic E-state index is 11.2. The van der Waals surface area contributed by atoms with Crippen molar-refractivity contribution in [1.82, 2.24) is 0 Å². The molecule has 2 atom stereocenters. The van der Waals surface area contributed by atoms with E-state index in [4.69, 9.17) is 9.47 Å². The van der Waals surface area contributed by atoms with E-state index in [9.17, 15) is 4.79 Å². The number of hydrogen-bond acceptors (Lipinski definition) is 4. The molecule has 0 aliphatic carbocycles. The second-order valence-electron chi connectivity index (χ2n) is 5.67. The molecule has 21 heavy (non-hydrogen) atoms. The SMILES string of the molecule is COc1cc(NC2CC(C)OC(C)C2)ccc1NC(C)=O. The van der Waals surface area contributed by atoms with E-state index in [2.05, 4.69) is 24.5 Å². The maximum Gasteiger partial charge on any atom is 0.221 e. The second kappa shape index (κ2) is 6.80. The van der Waals surface area contributed by atoms with Crippen molar-refractivity contribution in [2.45, 2.75) is 51.9 Å². The molecular formula is C16H24N2O3. The van der Waals surface area contributed by atoms with Gasteiger partial charge in [0.05, 0.1) is 25.0 Å². The molecule has 2 unspecified atom stereocenters. The predicted octanol–water partition coefficient (Wildman–Crippen LogP) is 3.02. The van der Waals surface area contributed by atoms with Gasteiger partial charge in [0.25, 0.3) is 0 Å². The first-order chi connectivity index (χ1) is 9.97. The van der Waals surface area contributed by atoms with Crippen LogP contribution in [0.25, 0.3) is 0 Å². The van der Waals surface area contributed by atoms with Crippen molar-refractivity contribution in [2.75, 3.05) is 17.7 Å². The molecule has 1 aromatic carbocycles. The quantitative estimate of drug-likeness (QED) is 0.895. The second-order valence-corrected chi connectivity index (χ2v) is 5.67. The number of anilines is 2. The van der Waals surface area contributed by atoms with Crippen LogP contribution < -0.4 is 15.4 Å². The van der Waals surface area contributed by atoms with E-state index >= 15 is 0 Å². The fourth-order valence-corrected chi connectivity index (χ4v) is 2.83. The van der Waals surface area contributed by atoms with Gasteiger partial charge in [-0.25, -0.2) is 0 Å². The molecule has 1 fully saturated rings. The third-order valence-corrected chi connectivity index (χ3v) is 3.58. The highest BCUT2D eigenvalue weighted by atomic mass is 16.5. The lowest BCUT2D eigenvalue weighted by atomic mass is 9.99. The third-order valence-electron chi connectivity index (χ3n) is 3.58. The monoisotopic (exact) mass is 292 g/mol. The Morgan fingerprint density at radius 3 is 2.52 bits per heavy atom. The largest absolute Gasteiger partial charge is 0.494 e. The summed E-state index contributed by atoms with van der Waals surface area (Å²) in [7, 11) is 1.60. The van der Waals surface area contributed by atoms with E-state index in [-0.39, 0.29) is 18.1 Å². The molecule has 2 N–H and O–H groups in total. The number of rotatable bonds is 4. The Bertz CT molecular complexity index is 494. The van der Waals surface area contributed by atoms with Crippen LogP contribution in [0.15, 0.2) is 18.2 Å². The van der Waals surface area contributed by atoms with Crippen molar-refractivity contribution < 1.29 is 14.3 Å². The molecule has 1 aliphatic heterocycles. The Hall–Kier alpha value is -1.75. The molecule has 1 aromatic rings. The Labute approximate surface area is 126 Å². The Morgan fingerprint density at radius 2 is 1.95 bits per heavy atom. The Balaban J connectivity index is 2.08. The summed E-state index contributed by atoms with van der Waals surface area (Å²) in [6.45, 7) is 5.69. The minimum absolute atomic E-state index is 0.110. The number of carbonyl (C=O) groups is 1. The summed E-state index contributed by atoms with van der Waals surface area (Å²) in [6, 6.07) is 6.11. The van der Waals surface area contributed by atoms with Crippen LogP contribution in [0.1, 0.15) is 33.6 Å². The lowest BCUT2D eigenvalue weighted by molar-refractivity contribution is -0.114. The molecule has 0 radical (unpaired) electrons. The number of carbonyl (C=O) groups excluding carboxylic acids is 1. The molecule has 5 nitrogen and oxygen atoms in total. The topological polar surface area (TPSA) is 59.6 Å². The number of hydrogen-bond donors (Lipinski definition) is 2. The standard InChI is InChI=1S/C16H24N2O3/c1-10-7-14(8-11(2)21-10)18-13-5-6-15(17-12(3)19)16(9-13)20-4/h5-6,9-11,14,18H,7-8H2,1-4H3,(H,17,19). The van der Waals surface area contributed by atoms with E-state index in [0.717, 1.165) is 18.5 Å². The molecular weight excluding hydrogens is 268 g/mol. The lowest BCUT2D eigenvalue weighted by Gasteiger charge is -2.33. The highest BCUT2D eigenvalue weighted by Gasteiger charge is 2.24. The van der Waals surface area contributed by atoms with Gasteiger partial charge in [-0.1, -0.05) is 0 Å². The van der Waals surface area contributed by atoms with Crippen LogP contribution in [-0.2, 0) is 9.53 Å². The number of benzene rings is 1. The normalized spacial score (nSPS) is 25.2. The predicted molar refractivity (Wildman–Crippen MR) is 84.0 cm³/mol. The van der Waals surface area contributed by atoms with Crippen molar-refractivity contribution in [3.8, 4) is 5.75 Å². The van der Waals surface area contributed by atoms with Crippen molar-refractivity contribution in [3.63, 3.8) is 0 Å². The zero-order valence-corrected chi connectivity index (χ0v) is 13.1. The number of ether oxygens (including phenoxy) is 2. The van der Waals surface area contributed by atoms with Crippen LogP contribution in [0.4, 0.5) is 11.4 Å². The van der Waals surface area contributed by atoms with Gasteiger partial charge in [-0.2, -0.15) is 0 Å². The van der Waals surface area contributed by atoms with Crippen molar-refractivity contribution in [3.05, 3.63) is 18.2 Å². The summed E-state index contributed by atoms with van der Waals surface area (Å²) in [5, 5.41) is 6.28. The average molecular weight is 292 g/mol. The first kappa shape index (κ1) is 15.6. The number of nitrogens with one attached hydrogen (secondary N) is 2. The first-order valence-corrected chi connectivity index (χ1v) is 7.35. The molecule has 1 heterocycles. The van der Waals surface area contributed by atoms with Crippen LogP contribution in [0, 0.1) is 0 Å². The Morgan fingerprint density at radius 1 is 1.29 bits per heavy atom. The molecule has 0 spiro atoms. The fraction of sp³-hybridized carbons (Fsp3) is 0.562. The average Bonchev–Trinajstić information content (AvgIpc) is 2.38. The molecule has 0 aromatic heterocycles. The van der Waals surface area contributed by atoms with Crippen LogP contribution in [0.2, 0.25) is 0 Å². The molecule has 1 aliphatic rings. The number of methoxy groups -OCH3 is 1. The van der Waals surface area contributed by atoms with E-state index in [1.165, 1.54) is 6.92 Å². The van der Waals surface area contributed by atoms with Crippen molar-refractivity contribution >= 4 is 17.3 Å². The van der Waals surface area contributed by atoms with Gasteiger partial charge in [-0.05, 0) is 38.8 Å². The first-order valence-electron chi connectivity index (χ1n) is 7.35. The van der Waals surface area contributed by atoms with E-state index in [1.807, 2.05) is 18.2 Å². The van der Waals surface area contributed by atoms with E-state index in [1.54, 1.807) is 7.11 Å². The van der Waals surface area contributed by atoms with Gasteiger partial charge >= 0.3 is 0 Å². The van der Waals surface area contributed by atoms with Gasteiger partial charge in [0.15, 0.2) is 0 Å². The zero-order valence-electron chi connectivity index (χ0n) is 13.1. The van der Waals surface area contributed by atoms with Crippen LogP contribution in [-0.4, -0.2) is 31.3 Å². The third kappa shape index (κ3) is 4.36. The van der Waals surface area contributed by atoms with E-state index < -0.39 is 0 Å². The minimum Gasteiger partial charge on any atom is -0.494 e. The molecule has 5 heteroatoms. The molecule has 2 rings (SSSR count). The zero-order chi connectivity index (χ0) is 15.4. The minimum atomic E-state index is -0.110. The fourth-order valence-electron chi connectivity index (χ4n) is 2.83. The van der Waals surface area contributed by atoms with Crippen LogP contribution >= 0.6 is 0 Å². The van der Waals surface area contributed by atoms with Gasteiger partial charge in [-0.15, -0.1) is 0 Å². The van der Waals surface area contributed by atoms with Gasteiger partial charge in [0.2, 0.25) is 5.91 Å². The van der Waals surface area contributed by atoms with E-state index in [0.29, 0.717) is 17.5 Å². The molecule has 1 saturated heterocycles. The van der Waals surface area contributed by atoms with Gasteiger partial charge < -0.3 is 20.1 Å². The highest BCUT2D eigenvalue weighted by Crippen LogP contribution is 2.30. The van der Waals surface area contributed by atoms with Gasteiger partial charge in [-0.3, -0.25) is 4.79 Å². The summed E-state index contributed by atoms with van der Waals surface area (Å²) in [5.74, 6) is 0.546. The summed E-state index contributed by atoms with van der Waals surface area (Å²) in [4.78, 5) is 11.2. The smallest absolute Gasteiger partial charge is 0.221 e. The highest BCUT2D eigenvalue weighted by molar-refractivity contribution is 5.90. The molecule has 116 valence electrons. The summed E-state index contributed by atoms with van der Waals surface area (Å²) < 4.78 is 11.1. The van der Waals surface area contributed by atoms with Crippen molar-refractivity contribution in [2.24, 2.45) is 0 Å². The Kier molecular flexibility index (Phi) is 5.07. The molecule has 1 amide bonds. The van der Waals surface area contributed by atoms with Crippen LogP contribution in [0.3, 0.4) is 0 Å². The lowest BCUT2D eigenvalue weighted by Crippen LogP contribution is -2.36. The van der Waals surface area contributed by atoms with Gasteiger partial charge in [0, 0.05) is 24.7 Å². The molecule has 0 saturated carbocycles. The van der Waals surface area contributed by atoms with Crippen molar-refractivity contribution in [1.29, 1.82) is 0 Å². The summed E-state index contributed by atoms with van der Waals surface area (Å²) in [6.07, 6.45) is 2.51. The molecule has 0 bridgehead atoms. The van der Waals surface area contributed by atoms with Crippen LogP contribution in [0.5, 0.6) is 5.75 Å². The summed E-state index contributed by atoms with van der Waals surface area (Å²) in [5.41, 5.74) is 1.68.